The second-order valence-electron chi connectivity index (χ2n) is 17.6. The number of nitrogens with two attached hydrogens (primary N) is 1. The second-order valence-corrected chi connectivity index (χ2v) is 17.6. The van der Waals surface area contributed by atoms with Crippen LogP contribution in [0.25, 0.3) is 0 Å². The molecule has 2 aliphatic heterocycles. The van der Waals surface area contributed by atoms with Crippen molar-refractivity contribution in [1.29, 1.82) is 0 Å². The van der Waals surface area contributed by atoms with Crippen molar-refractivity contribution in [3.8, 4) is 5.75 Å². The first-order valence-corrected chi connectivity index (χ1v) is 23.1. The molecule has 10 N–H and O–H groups in total. The lowest BCUT2D eigenvalue weighted by Gasteiger charge is -2.43. The lowest BCUT2D eigenvalue weighted by molar-refractivity contribution is -0.171. The van der Waals surface area contributed by atoms with Crippen molar-refractivity contribution in [2.75, 3.05) is 7.05 Å². The Bertz CT molecular complexity index is 2120. The number of rotatable bonds is 15. The maximum atomic E-state index is 15.0. The van der Waals surface area contributed by atoms with Gasteiger partial charge in [-0.25, -0.2) is 0 Å². The maximum absolute atomic E-state index is 15.0. The first-order chi connectivity index (χ1) is 32.2. The molecule has 372 valence electrons. The monoisotopic (exact) mass is 948 g/mol. The third-order valence-electron chi connectivity index (χ3n) is 12.1. The number of amides is 8. The third kappa shape index (κ3) is 15.1. The molecule has 8 amide bonds. The van der Waals surface area contributed by atoms with Gasteiger partial charge in [-0.3, -0.25) is 38.4 Å². The van der Waals surface area contributed by atoms with E-state index in [0.29, 0.717) is 17.5 Å². The zero-order valence-corrected chi connectivity index (χ0v) is 39.6. The fourth-order valence-electron chi connectivity index (χ4n) is 8.12. The molecule has 0 saturated carbocycles. The van der Waals surface area contributed by atoms with E-state index in [4.69, 9.17) is 10.5 Å². The number of nitrogens with one attached hydrogen (secondary N) is 5. The fraction of sp³-hybridized carbons (Fsp3) is 0.542. The number of fused-ring (bicyclic) bond motifs is 2. The number of phenols is 1. The predicted octanol–water partition coefficient (Wildman–Crippen LogP) is 0.512. The number of aliphatic hydroxyl groups is 2. The molecule has 9 atom stereocenters. The Hall–Kier alpha value is -6.38. The van der Waals surface area contributed by atoms with Crippen molar-refractivity contribution < 1.29 is 58.4 Å². The van der Waals surface area contributed by atoms with E-state index < -0.39 is 108 Å². The number of primary amides is 1. The molecule has 0 radical (unpaired) electrons. The van der Waals surface area contributed by atoms with Gasteiger partial charge in [0, 0.05) is 32.7 Å². The zero-order chi connectivity index (χ0) is 50.2. The predicted molar refractivity (Wildman–Crippen MR) is 248 cm³/mol. The van der Waals surface area contributed by atoms with Crippen LogP contribution in [0, 0.1) is 5.92 Å². The van der Waals surface area contributed by atoms with Crippen LogP contribution in [-0.2, 0) is 55.9 Å². The van der Waals surface area contributed by atoms with Gasteiger partial charge < -0.3 is 62.2 Å². The highest BCUT2D eigenvalue weighted by Crippen LogP contribution is 2.26. The van der Waals surface area contributed by atoms with E-state index in [0.717, 1.165) is 22.6 Å². The lowest BCUT2D eigenvalue weighted by atomic mass is 9.95. The van der Waals surface area contributed by atoms with Gasteiger partial charge in [0.05, 0.1) is 12.1 Å². The summed E-state index contributed by atoms with van der Waals surface area (Å²) in [5.74, 6) is -7.03. The number of likely N-dealkylation sites (N-methyl/N-ethyl adjacent to an activating group) is 1. The van der Waals surface area contributed by atoms with Gasteiger partial charge >= 0.3 is 0 Å². The van der Waals surface area contributed by atoms with Crippen LogP contribution in [0.1, 0.15) is 97.1 Å². The number of unbranched alkanes of at least 4 members (excludes halogenated alkanes) is 2. The first-order valence-electron chi connectivity index (χ1n) is 23.1. The third-order valence-corrected chi connectivity index (χ3v) is 12.1. The number of aromatic hydroxyl groups is 1. The summed E-state index contributed by atoms with van der Waals surface area (Å²) in [5.41, 5.74) is 6.18. The van der Waals surface area contributed by atoms with Crippen LogP contribution in [0.2, 0.25) is 0 Å². The summed E-state index contributed by atoms with van der Waals surface area (Å²) in [4.78, 5) is 113. The zero-order valence-electron chi connectivity index (χ0n) is 39.6. The molecule has 2 aromatic rings. The summed E-state index contributed by atoms with van der Waals surface area (Å²) in [6.45, 7) is 8.09. The van der Waals surface area contributed by atoms with Crippen molar-refractivity contribution in [2.24, 2.45) is 11.7 Å². The van der Waals surface area contributed by atoms with Gasteiger partial charge in [0.1, 0.15) is 47.9 Å². The highest BCUT2D eigenvalue weighted by Gasteiger charge is 2.45. The largest absolute Gasteiger partial charge is 0.508 e. The summed E-state index contributed by atoms with van der Waals surface area (Å²) in [6, 6.07) is 6.33. The topological polar surface area (TPSA) is 299 Å². The van der Waals surface area contributed by atoms with Gasteiger partial charge in [-0.1, -0.05) is 82.2 Å². The molecular weight excluding hydrogens is 881 g/mol. The number of piperidine rings is 1. The van der Waals surface area contributed by atoms with Crippen LogP contribution in [0.15, 0.2) is 66.4 Å². The molecule has 68 heavy (non-hydrogen) atoms. The molecule has 20 heteroatoms. The summed E-state index contributed by atoms with van der Waals surface area (Å²) in [7, 11) is 1.38. The van der Waals surface area contributed by atoms with Gasteiger partial charge in [-0.15, -0.1) is 0 Å². The molecule has 0 spiro atoms. The van der Waals surface area contributed by atoms with Gasteiger partial charge in [0.15, 0.2) is 6.29 Å². The molecule has 0 aliphatic carbocycles. The Morgan fingerprint density at radius 2 is 1.53 bits per heavy atom. The molecule has 0 aromatic heterocycles. The summed E-state index contributed by atoms with van der Waals surface area (Å²) in [5, 5.41) is 46.3. The van der Waals surface area contributed by atoms with Crippen LogP contribution in [0.5, 0.6) is 5.75 Å². The van der Waals surface area contributed by atoms with Gasteiger partial charge in [-0.2, -0.15) is 0 Å². The van der Waals surface area contributed by atoms with Crippen molar-refractivity contribution in [1.82, 2.24) is 36.4 Å². The van der Waals surface area contributed by atoms with Crippen LogP contribution in [-0.4, -0.2) is 134 Å². The highest BCUT2D eigenvalue weighted by atomic mass is 16.6. The van der Waals surface area contributed by atoms with Crippen molar-refractivity contribution in [2.45, 2.75) is 154 Å². The van der Waals surface area contributed by atoms with E-state index in [2.05, 4.69) is 26.6 Å². The van der Waals surface area contributed by atoms with E-state index in [1.807, 2.05) is 6.92 Å². The number of aliphatic hydroxyl groups excluding tert-OH is 2. The molecule has 2 bridgehead atoms. The Morgan fingerprint density at radius 3 is 2.15 bits per heavy atom. The molecule has 0 unspecified atom stereocenters. The molecule has 2 aliphatic rings. The van der Waals surface area contributed by atoms with E-state index in [-0.39, 0.29) is 56.4 Å². The lowest BCUT2D eigenvalue weighted by Crippen LogP contribution is -2.64. The summed E-state index contributed by atoms with van der Waals surface area (Å²) >= 11 is 0. The molecule has 2 heterocycles. The SMILES string of the molecule is C/C=C1\NC(=O)[C@@H](NC(=O)[C@H](CCC(N)=O)NC(=O)CCCCC)[C@@H](C)O[C@@H](O)[C@H](C(C)C)NC(=O)[C@H](Cc2ccc(O)cc2)N(C)C(=O)[C@H](Cc2ccccc2)N2C(=O)[C@H](CC[C@H]2O)NC1=O. The van der Waals surface area contributed by atoms with Gasteiger partial charge in [-0.05, 0) is 68.7 Å². The maximum Gasteiger partial charge on any atom is 0.268 e. The number of allylic oxidation sites excluding steroid dienone is 1. The van der Waals surface area contributed by atoms with Crippen LogP contribution in [0.4, 0.5) is 0 Å². The molecular formula is C48H68N8O12. The van der Waals surface area contributed by atoms with Gasteiger partial charge in [0.2, 0.25) is 41.4 Å². The van der Waals surface area contributed by atoms with Crippen LogP contribution >= 0.6 is 0 Å². The normalized spacial score (nSPS) is 25.6. The van der Waals surface area contributed by atoms with E-state index in [1.54, 1.807) is 56.3 Å². The average Bonchev–Trinajstić information content (AvgIpc) is 3.29. The smallest absolute Gasteiger partial charge is 0.268 e. The molecule has 20 nitrogen and oxygen atoms in total. The molecule has 4 rings (SSSR count). The van der Waals surface area contributed by atoms with Crippen molar-refractivity contribution >= 4 is 47.3 Å². The molecule has 2 saturated heterocycles. The van der Waals surface area contributed by atoms with E-state index in [9.17, 15) is 53.7 Å². The van der Waals surface area contributed by atoms with Crippen LogP contribution in [0.3, 0.4) is 0 Å². The average molecular weight is 949 g/mol. The summed E-state index contributed by atoms with van der Waals surface area (Å²) < 4.78 is 6.02. The fourth-order valence-corrected chi connectivity index (χ4v) is 8.12. The first kappa shape index (κ1) is 54.2. The Labute approximate surface area is 396 Å². The number of carbonyl (C=O) groups excluding carboxylic acids is 8. The number of hydrogen-bond donors (Lipinski definition) is 9. The number of ether oxygens (including phenoxy) is 1. The minimum absolute atomic E-state index is 0.0439. The highest BCUT2D eigenvalue weighted by molar-refractivity contribution is 6.02. The second kappa shape index (κ2) is 25.7. The Kier molecular flexibility index (Phi) is 20.5. The number of nitrogens with zero attached hydrogens (tertiary/aromatic N) is 2. The van der Waals surface area contributed by atoms with Crippen molar-refractivity contribution in [3.05, 3.63) is 77.5 Å². The summed E-state index contributed by atoms with van der Waals surface area (Å²) in [6.07, 6.45) is -2.24. The number of phenolic OH excluding ortho intramolecular Hbond substituents is 1. The van der Waals surface area contributed by atoms with Crippen LogP contribution < -0.4 is 32.3 Å². The minimum atomic E-state index is -1.88. The number of hydrogen-bond acceptors (Lipinski definition) is 12. The molecule has 2 fully saturated rings. The van der Waals surface area contributed by atoms with Crippen molar-refractivity contribution in [3.63, 3.8) is 0 Å². The number of carbonyl (C=O) groups is 8. The Balaban J connectivity index is 1.83. The van der Waals surface area contributed by atoms with E-state index in [1.165, 1.54) is 39.1 Å². The molecule has 2 aromatic carbocycles. The number of benzene rings is 2. The van der Waals surface area contributed by atoms with Gasteiger partial charge in [0.25, 0.3) is 5.91 Å². The standard InChI is InChI=1S/C48H68N8O12/c1-7-9-11-16-38(59)50-33(21-23-37(49)58)43(62)54-41-28(5)68-48(67)40(27(3)4)53-44(63)35(25-30-17-19-31(57)20-18-30)55(6)47(66)36(26-29-14-12-10-13-15-29)56-39(60)24-22-34(46(56)65)52-42(61)32(8-2)51-45(41)64/h8,10,12-15,17-20,27-28,33-36,39-41,48,57,60,67H,7,9,11,16,21-26H2,1-6H3,(H2,49,58)(H,50,59)(H,51,64)(H,52,61)(H,53,63)(H,54,62)/b32-8-/t28-,33+,34+,35+,36+,39-,40+,41+,48-/m1/s1. The minimum Gasteiger partial charge on any atom is -0.508 e. The Morgan fingerprint density at radius 1 is 0.882 bits per heavy atom. The van der Waals surface area contributed by atoms with E-state index >= 15 is 0 Å². The quantitative estimate of drug-likeness (QED) is 0.0872.